The fourth-order valence-electron chi connectivity index (χ4n) is 1.30. The zero-order valence-corrected chi connectivity index (χ0v) is 8.62. The third-order valence-electron chi connectivity index (χ3n) is 2.00. The Hall–Kier alpha value is -1.66. The smallest absolute Gasteiger partial charge is 0.231 e. The first-order valence-corrected chi connectivity index (χ1v) is 4.81. The molecule has 3 nitrogen and oxygen atoms in total. The number of nitrogens with zero attached hydrogens (tertiary/aromatic N) is 1. The van der Waals surface area contributed by atoms with Crippen LogP contribution in [0.2, 0.25) is 5.02 Å². The zero-order valence-electron chi connectivity index (χ0n) is 7.87. The van der Waals surface area contributed by atoms with E-state index in [1.807, 2.05) is 6.07 Å². The van der Waals surface area contributed by atoms with Gasteiger partial charge in [-0.05, 0) is 11.6 Å². The van der Waals surface area contributed by atoms with Crippen LogP contribution in [0.15, 0.2) is 18.2 Å². The third kappa shape index (κ3) is 2.05. The molecular formula is C11H8ClNO2. The fourth-order valence-corrected chi connectivity index (χ4v) is 1.52. The van der Waals surface area contributed by atoms with E-state index in [9.17, 15) is 0 Å². The maximum absolute atomic E-state index is 8.39. The fraction of sp³-hybridized carbons (Fsp3) is 0.182. The molecule has 76 valence electrons. The van der Waals surface area contributed by atoms with E-state index in [-0.39, 0.29) is 6.79 Å². The van der Waals surface area contributed by atoms with Crippen molar-refractivity contribution in [2.75, 3.05) is 6.79 Å². The number of halogens is 1. The molecule has 0 saturated heterocycles. The van der Waals surface area contributed by atoms with Crippen molar-refractivity contribution in [3.8, 4) is 17.6 Å². The van der Waals surface area contributed by atoms with Gasteiger partial charge in [0.1, 0.15) is 0 Å². The summed E-state index contributed by atoms with van der Waals surface area (Å²) in [5.74, 6) is 1.36. The van der Waals surface area contributed by atoms with E-state index < -0.39 is 0 Å². The molecule has 0 bridgehead atoms. The summed E-state index contributed by atoms with van der Waals surface area (Å²) in [7, 11) is 0. The Labute approximate surface area is 92.5 Å². The standard InChI is InChI=1S/C11H8ClNO2/c12-9-6-11-10(14-7-15-11)5-8(9)3-1-2-4-13/h1,3,5-6H,2,7H2. The zero-order chi connectivity index (χ0) is 10.7. The van der Waals surface area contributed by atoms with Crippen LogP contribution in [0.4, 0.5) is 0 Å². The molecular weight excluding hydrogens is 214 g/mol. The van der Waals surface area contributed by atoms with Gasteiger partial charge < -0.3 is 9.47 Å². The summed E-state index contributed by atoms with van der Waals surface area (Å²) in [5, 5.41) is 8.98. The Morgan fingerprint density at radius 3 is 2.87 bits per heavy atom. The maximum Gasteiger partial charge on any atom is 0.231 e. The summed E-state index contributed by atoms with van der Waals surface area (Å²) in [4.78, 5) is 0. The highest BCUT2D eigenvalue weighted by Gasteiger charge is 2.15. The minimum atomic E-state index is 0.233. The normalized spacial score (nSPS) is 13.1. The lowest BCUT2D eigenvalue weighted by Crippen LogP contribution is -1.92. The Morgan fingerprint density at radius 1 is 1.40 bits per heavy atom. The molecule has 1 aliphatic rings. The molecule has 4 heteroatoms. The topological polar surface area (TPSA) is 42.2 Å². The predicted octanol–water partition coefficient (Wildman–Crippen LogP) is 3.00. The Bertz CT molecular complexity index is 449. The minimum Gasteiger partial charge on any atom is -0.454 e. The average molecular weight is 222 g/mol. The van der Waals surface area contributed by atoms with E-state index in [0.29, 0.717) is 22.9 Å². The monoisotopic (exact) mass is 221 g/mol. The lowest BCUT2D eigenvalue weighted by molar-refractivity contribution is 0.174. The number of hydrogen-bond donors (Lipinski definition) is 0. The van der Waals surface area contributed by atoms with E-state index in [2.05, 4.69) is 0 Å². The van der Waals surface area contributed by atoms with Gasteiger partial charge in [0, 0.05) is 6.07 Å². The van der Waals surface area contributed by atoms with Gasteiger partial charge >= 0.3 is 0 Å². The molecule has 2 rings (SSSR count). The first kappa shape index (κ1) is 9.88. The number of allylic oxidation sites excluding steroid dienone is 1. The van der Waals surface area contributed by atoms with Crippen molar-refractivity contribution < 1.29 is 9.47 Å². The number of ether oxygens (including phenoxy) is 2. The number of hydrogen-bond acceptors (Lipinski definition) is 3. The molecule has 0 unspecified atom stereocenters. The van der Waals surface area contributed by atoms with Gasteiger partial charge in [-0.2, -0.15) is 5.26 Å². The second-order valence-electron chi connectivity index (χ2n) is 2.99. The van der Waals surface area contributed by atoms with E-state index in [1.165, 1.54) is 0 Å². The van der Waals surface area contributed by atoms with E-state index in [4.69, 9.17) is 26.3 Å². The second-order valence-corrected chi connectivity index (χ2v) is 3.40. The first-order chi connectivity index (χ1) is 7.31. The molecule has 0 N–H and O–H groups in total. The minimum absolute atomic E-state index is 0.233. The Kier molecular flexibility index (Phi) is 2.79. The Balaban J connectivity index is 2.29. The van der Waals surface area contributed by atoms with Crippen LogP contribution in [0.5, 0.6) is 11.5 Å². The number of rotatable bonds is 2. The van der Waals surface area contributed by atoms with Gasteiger partial charge in [-0.1, -0.05) is 23.8 Å². The van der Waals surface area contributed by atoms with Crippen LogP contribution in [0.1, 0.15) is 12.0 Å². The van der Waals surface area contributed by atoms with Crippen LogP contribution in [0.25, 0.3) is 6.08 Å². The average Bonchev–Trinajstić information content (AvgIpc) is 2.65. The van der Waals surface area contributed by atoms with Crippen LogP contribution < -0.4 is 9.47 Å². The number of nitriles is 1. The molecule has 0 saturated carbocycles. The van der Waals surface area contributed by atoms with Crippen molar-refractivity contribution in [3.63, 3.8) is 0 Å². The van der Waals surface area contributed by atoms with Gasteiger partial charge in [-0.15, -0.1) is 0 Å². The van der Waals surface area contributed by atoms with E-state index in [1.54, 1.807) is 24.3 Å². The molecule has 0 amide bonds. The SMILES string of the molecule is N#CCC=Cc1cc2c(cc1Cl)OCO2. The van der Waals surface area contributed by atoms with Crippen molar-refractivity contribution in [3.05, 3.63) is 28.8 Å². The molecule has 0 radical (unpaired) electrons. The van der Waals surface area contributed by atoms with Crippen molar-refractivity contribution in [1.82, 2.24) is 0 Å². The van der Waals surface area contributed by atoms with Gasteiger partial charge in [0.15, 0.2) is 11.5 Å². The van der Waals surface area contributed by atoms with E-state index in [0.717, 1.165) is 5.56 Å². The first-order valence-electron chi connectivity index (χ1n) is 4.44. The van der Waals surface area contributed by atoms with Gasteiger partial charge in [0.05, 0.1) is 17.5 Å². The molecule has 1 aromatic carbocycles. The molecule has 15 heavy (non-hydrogen) atoms. The molecule has 0 atom stereocenters. The highest BCUT2D eigenvalue weighted by atomic mass is 35.5. The quantitative estimate of drug-likeness (QED) is 0.771. The highest BCUT2D eigenvalue weighted by molar-refractivity contribution is 6.32. The van der Waals surface area contributed by atoms with Crippen LogP contribution in [-0.4, -0.2) is 6.79 Å². The van der Waals surface area contributed by atoms with E-state index >= 15 is 0 Å². The van der Waals surface area contributed by atoms with Crippen molar-refractivity contribution in [2.45, 2.75) is 6.42 Å². The molecule has 1 heterocycles. The molecule has 0 spiro atoms. The van der Waals surface area contributed by atoms with Crippen molar-refractivity contribution in [1.29, 1.82) is 5.26 Å². The summed E-state index contributed by atoms with van der Waals surface area (Å²) in [6.45, 7) is 0.233. The lowest BCUT2D eigenvalue weighted by atomic mass is 10.2. The molecule has 0 aromatic heterocycles. The molecule has 0 aliphatic carbocycles. The summed E-state index contributed by atoms with van der Waals surface area (Å²) >= 11 is 6.02. The molecule has 1 aliphatic heterocycles. The lowest BCUT2D eigenvalue weighted by Gasteiger charge is -2.00. The van der Waals surface area contributed by atoms with Crippen LogP contribution in [0, 0.1) is 11.3 Å². The molecule has 1 aromatic rings. The van der Waals surface area contributed by atoms with Gasteiger partial charge in [0.25, 0.3) is 0 Å². The second kappa shape index (κ2) is 4.24. The van der Waals surface area contributed by atoms with Crippen molar-refractivity contribution in [2.24, 2.45) is 0 Å². The molecule has 0 fully saturated rings. The van der Waals surface area contributed by atoms with Crippen LogP contribution >= 0.6 is 11.6 Å². The summed E-state index contributed by atoms with van der Waals surface area (Å²) in [6, 6.07) is 5.55. The van der Waals surface area contributed by atoms with Gasteiger partial charge in [0.2, 0.25) is 6.79 Å². The maximum atomic E-state index is 8.39. The van der Waals surface area contributed by atoms with Crippen LogP contribution in [0.3, 0.4) is 0 Å². The van der Waals surface area contributed by atoms with Crippen molar-refractivity contribution >= 4 is 17.7 Å². The van der Waals surface area contributed by atoms with Gasteiger partial charge in [-0.3, -0.25) is 0 Å². The number of benzene rings is 1. The number of fused-ring (bicyclic) bond motifs is 1. The summed E-state index contributed by atoms with van der Waals surface area (Å²) < 4.78 is 10.4. The predicted molar refractivity (Wildman–Crippen MR) is 56.8 cm³/mol. The Morgan fingerprint density at radius 2 is 2.13 bits per heavy atom. The third-order valence-corrected chi connectivity index (χ3v) is 2.33. The summed E-state index contributed by atoms with van der Waals surface area (Å²) in [6.07, 6.45) is 3.92. The van der Waals surface area contributed by atoms with Crippen LogP contribution in [-0.2, 0) is 0 Å². The summed E-state index contributed by atoms with van der Waals surface area (Å²) in [5.41, 5.74) is 0.830. The van der Waals surface area contributed by atoms with Gasteiger partial charge in [-0.25, -0.2) is 0 Å². The largest absolute Gasteiger partial charge is 0.454 e. The highest BCUT2D eigenvalue weighted by Crippen LogP contribution is 2.37.